The van der Waals surface area contributed by atoms with Gasteiger partial charge in [-0.3, -0.25) is 9.59 Å². The SMILES string of the molecule is CCOC(=O)C(C(=O)OCC)[C@@H](c1ccccc1C)N(C)C. The van der Waals surface area contributed by atoms with E-state index in [0.717, 1.165) is 11.1 Å². The minimum absolute atomic E-state index is 0.225. The molecule has 1 aromatic rings. The summed E-state index contributed by atoms with van der Waals surface area (Å²) < 4.78 is 10.2. The maximum absolute atomic E-state index is 12.3. The molecule has 0 aliphatic rings. The summed E-state index contributed by atoms with van der Waals surface area (Å²) in [5.41, 5.74) is 1.93. The summed E-state index contributed by atoms with van der Waals surface area (Å²) in [4.78, 5) is 26.5. The van der Waals surface area contributed by atoms with Crippen molar-refractivity contribution in [3.63, 3.8) is 0 Å². The van der Waals surface area contributed by atoms with Gasteiger partial charge < -0.3 is 14.4 Å². The van der Waals surface area contributed by atoms with Crippen LogP contribution < -0.4 is 0 Å². The van der Waals surface area contributed by atoms with Crippen LogP contribution in [0.3, 0.4) is 0 Å². The second-order valence-corrected chi connectivity index (χ2v) is 5.25. The number of rotatable bonds is 7. The first-order valence-electron chi connectivity index (χ1n) is 7.49. The molecule has 22 heavy (non-hydrogen) atoms. The van der Waals surface area contributed by atoms with Crippen LogP contribution in [0.2, 0.25) is 0 Å². The van der Waals surface area contributed by atoms with Gasteiger partial charge in [-0.2, -0.15) is 0 Å². The zero-order valence-corrected chi connectivity index (χ0v) is 14.0. The number of carbonyl (C=O) groups is 2. The van der Waals surface area contributed by atoms with E-state index in [-0.39, 0.29) is 13.2 Å². The lowest BCUT2D eigenvalue weighted by atomic mass is 9.89. The van der Waals surface area contributed by atoms with E-state index in [1.54, 1.807) is 13.8 Å². The number of aryl methyl sites for hydroxylation is 1. The molecule has 0 spiro atoms. The molecule has 0 aliphatic heterocycles. The minimum atomic E-state index is -1.00. The third-order valence-corrected chi connectivity index (χ3v) is 3.46. The van der Waals surface area contributed by atoms with E-state index in [9.17, 15) is 9.59 Å². The largest absolute Gasteiger partial charge is 0.465 e. The Kier molecular flexibility index (Phi) is 7.05. The van der Waals surface area contributed by atoms with Crippen LogP contribution in [0, 0.1) is 12.8 Å². The summed E-state index contributed by atoms with van der Waals surface area (Å²) in [6.07, 6.45) is 0. The fraction of sp³-hybridized carbons (Fsp3) is 0.529. The van der Waals surface area contributed by atoms with Gasteiger partial charge in [0, 0.05) is 0 Å². The molecule has 1 aromatic carbocycles. The molecule has 1 atom stereocenters. The second-order valence-electron chi connectivity index (χ2n) is 5.25. The molecule has 0 aromatic heterocycles. The van der Waals surface area contributed by atoms with Crippen molar-refractivity contribution in [1.82, 2.24) is 4.90 Å². The molecule has 0 bridgehead atoms. The van der Waals surface area contributed by atoms with E-state index in [2.05, 4.69) is 0 Å². The van der Waals surface area contributed by atoms with E-state index in [4.69, 9.17) is 9.47 Å². The molecule has 0 N–H and O–H groups in total. The van der Waals surface area contributed by atoms with Gasteiger partial charge in [0.25, 0.3) is 0 Å². The topological polar surface area (TPSA) is 55.8 Å². The lowest BCUT2D eigenvalue weighted by Gasteiger charge is -2.31. The molecule has 0 aliphatic carbocycles. The van der Waals surface area contributed by atoms with Gasteiger partial charge in [0.1, 0.15) is 0 Å². The summed E-state index contributed by atoms with van der Waals surface area (Å²) in [6.45, 7) is 5.85. The predicted molar refractivity (Wildman–Crippen MR) is 84.4 cm³/mol. The Morgan fingerprint density at radius 3 is 1.95 bits per heavy atom. The van der Waals surface area contributed by atoms with Crippen LogP contribution in [0.5, 0.6) is 0 Å². The van der Waals surface area contributed by atoms with Crippen molar-refractivity contribution < 1.29 is 19.1 Å². The Morgan fingerprint density at radius 2 is 1.55 bits per heavy atom. The smallest absolute Gasteiger partial charge is 0.322 e. The van der Waals surface area contributed by atoms with Gasteiger partial charge in [-0.1, -0.05) is 24.3 Å². The summed E-state index contributed by atoms with van der Waals surface area (Å²) in [6, 6.07) is 7.27. The molecule has 0 heterocycles. The van der Waals surface area contributed by atoms with Crippen LogP contribution in [0.15, 0.2) is 24.3 Å². The second kappa shape index (κ2) is 8.54. The van der Waals surface area contributed by atoms with Crippen molar-refractivity contribution in [1.29, 1.82) is 0 Å². The first kappa shape index (κ1) is 18.2. The van der Waals surface area contributed by atoms with Crippen LogP contribution in [0.4, 0.5) is 0 Å². The van der Waals surface area contributed by atoms with Crippen molar-refractivity contribution >= 4 is 11.9 Å². The molecular formula is C17H25NO4. The standard InChI is InChI=1S/C17H25NO4/c1-6-21-16(19)14(17(20)22-7-2)15(18(4)5)13-11-9-8-10-12(13)3/h8-11,14-15H,6-7H2,1-5H3/t15-/m1/s1. The fourth-order valence-electron chi connectivity index (χ4n) is 2.49. The number of carbonyl (C=O) groups excluding carboxylic acids is 2. The van der Waals surface area contributed by atoms with Gasteiger partial charge in [0.05, 0.1) is 19.3 Å². The molecule has 1 rings (SSSR count). The third kappa shape index (κ3) is 4.31. The Labute approximate surface area is 132 Å². The number of esters is 2. The molecule has 0 saturated carbocycles. The molecular weight excluding hydrogens is 282 g/mol. The minimum Gasteiger partial charge on any atom is -0.465 e. The Balaban J connectivity index is 3.29. The number of hydrogen-bond acceptors (Lipinski definition) is 5. The average Bonchev–Trinajstić information content (AvgIpc) is 2.45. The number of benzene rings is 1. The summed E-state index contributed by atoms with van der Waals surface area (Å²) >= 11 is 0. The van der Waals surface area contributed by atoms with Crippen LogP contribution in [-0.2, 0) is 19.1 Å². The molecule has 122 valence electrons. The highest BCUT2D eigenvalue weighted by Gasteiger charge is 2.40. The summed E-state index contributed by atoms with van der Waals surface area (Å²) in [5.74, 6) is -2.11. The van der Waals surface area contributed by atoms with E-state index in [0.29, 0.717) is 0 Å². The first-order valence-corrected chi connectivity index (χ1v) is 7.49. The highest BCUT2D eigenvalue weighted by atomic mass is 16.6. The first-order chi connectivity index (χ1) is 10.4. The van der Waals surface area contributed by atoms with Crippen LogP contribution in [-0.4, -0.2) is 44.1 Å². The fourth-order valence-corrected chi connectivity index (χ4v) is 2.49. The van der Waals surface area contributed by atoms with Gasteiger partial charge in [-0.05, 0) is 46.0 Å². The van der Waals surface area contributed by atoms with Gasteiger partial charge in [0.15, 0.2) is 5.92 Å². The van der Waals surface area contributed by atoms with E-state index >= 15 is 0 Å². The summed E-state index contributed by atoms with van der Waals surface area (Å²) in [5, 5.41) is 0. The molecule has 0 saturated heterocycles. The number of nitrogens with zero attached hydrogens (tertiary/aromatic N) is 1. The lowest BCUT2D eigenvalue weighted by Crippen LogP contribution is -2.39. The Hall–Kier alpha value is -1.88. The van der Waals surface area contributed by atoms with Crippen LogP contribution in [0.25, 0.3) is 0 Å². The molecule has 5 heteroatoms. The van der Waals surface area contributed by atoms with E-state index in [1.807, 2.05) is 50.2 Å². The normalized spacial score (nSPS) is 12.3. The Bertz CT molecular complexity index is 495. The quantitative estimate of drug-likeness (QED) is 0.571. The maximum Gasteiger partial charge on any atom is 0.322 e. The van der Waals surface area contributed by atoms with Gasteiger partial charge in [-0.15, -0.1) is 0 Å². The van der Waals surface area contributed by atoms with Crippen molar-refractivity contribution in [2.45, 2.75) is 26.8 Å². The van der Waals surface area contributed by atoms with Crippen molar-refractivity contribution in [3.05, 3.63) is 35.4 Å². The van der Waals surface area contributed by atoms with Gasteiger partial charge in [-0.25, -0.2) is 0 Å². The third-order valence-electron chi connectivity index (χ3n) is 3.46. The zero-order valence-electron chi connectivity index (χ0n) is 14.0. The maximum atomic E-state index is 12.3. The molecule has 0 fully saturated rings. The highest BCUT2D eigenvalue weighted by molar-refractivity contribution is 5.96. The molecule has 0 radical (unpaired) electrons. The monoisotopic (exact) mass is 307 g/mol. The zero-order chi connectivity index (χ0) is 16.7. The number of ether oxygens (including phenoxy) is 2. The summed E-state index contributed by atoms with van der Waals surface area (Å²) in [7, 11) is 3.67. The number of hydrogen-bond donors (Lipinski definition) is 0. The predicted octanol–water partition coefficient (Wildman–Crippen LogP) is 2.34. The van der Waals surface area contributed by atoms with Gasteiger partial charge in [0.2, 0.25) is 0 Å². The molecule has 0 unspecified atom stereocenters. The van der Waals surface area contributed by atoms with Crippen molar-refractivity contribution in [2.24, 2.45) is 5.92 Å². The molecule has 0 amide bonds. The molecule has 5 nitrogen and oxygen atoms in total. The lowest BCUT2D eigenvalue weighted by molar-refractivity contribution is -0.165. The van der Waals surface area contributed by atoms with E-state index in [1.165, 1.54) is 0 Å². The highest BCUT2D eigenvalue weighted by Crippen LogP contribution is 2.31. The van der Waals surface area contributed by atoms with Crippen LogP contribution in [0.1, 0.15) is 31.0 Å². The van der Waals surface area contributed by atoms with Crippen molar-refractivity contribution in [2.75, 3.05) is 27.3 Å². The van der Waals surface area contributed by atoms with Gasteiger partial charge >= 0.3 is 11.9 Å². The van der Waals surface area contributed by atoms with Crippen LogP contribution >= 0.6 is 0 Å². The Morgan fingerprint density at radius 1 is 1.05 bits per heavy atom. The average molecular weight is 307 g/mol. The van der Waals surface area contributed by atoms with Crippen molar-refractivity contribution in [3.8, 4) is 0 Å². The van der Waals surface area contributed by atoms with E-state index < -0.39 is 23.9 Å².